The number of nitrogens with one attached hydrogen (secondary N) is 1. The second-order valence-electron chi connectivity index (χ2n) is 4.95. The van der Waals surface area contributed by atoms with Crippen LogP contribution in [0, 0.1) is 12.8 Å². The van der Waals surface area contributed by atoms with E-state index in [-0.39, 0.29) is 5.69 Å². The number of aromatic nitrogens is 1. The zero-order valence-corrected chi connectivity index (χ0v) is 11.6. The third-order valence-electron chi connectivity index (χ3n) is 3.55. The van der Waals surface area contributed by atoms with E-state index >= 15 is 0 Å². The summed E-state index contributed by atoms with van der Waals surface area (Å²) < 4.78 is 0. The number of nitrogens with zero attached hydrogens (tertiary/aromatic N) is 1. The summed E-state index contributed by atoms with van der Waals surface area (Å²) in [6, 6.07) is 0. The predicted molar refractivity (Wildman–Crippen MR) is 73.5 cm³/mol. The second-order valence-corrected chi connectivity index (χ2v) is 6.15. The minimum absolute atomic E-state index is 0.181. The van der Waals surface area contributed by atoms with E-state index in [9.17, 15) is 4.79 Å². The third-order valence-corrected chi connectivity index (χ3v) is 4.48. The molecule has 100 valence electrons. The molecule has 0 bridgehead atoms. The van der Waals surface area contributed by atoms with Gasteiger partial charge in [-0.25, -0.2) is 9.78 Å². The van der Waals surface area contributed by atoms with Gasteiger partial charge in [-0.1, -0.05) is 32.1 Å². The molecule has 1 saturated carbocycles. The van der Waals surface area contributed by atoms with E-state index in [2.05, 4.69) is 10.3 Å². The fourth-order valence-electron chi connectivity index (χ4n) is 2.53. The summed E-state index contributed by atoms with van der Waals surface area (Å²) in [4.78, 5) is 15.7. The molecular formula is C13H20N2O2S. The Morgan fingerprint density at radius 1 is 1.44 bits per heavy atom. The van der Waals surface area contributed by atoms with Crippen molar-refractivity contribution in [1.29, 1.82) is 0 Å². The molecule has 0 amide bonds. The number of hydrogen-bond donors (Lipinski definition) is 2. The highest BCUT2D eigenvalue weighted by Gasteiger charge is 2.15. The molecule has 4 nitrogen and oxygen atoms in total. The number of hydrogen-bond acceptors (Lipinski definition) is 4. The van der Waals surface area contributed by atoms with Crippen molar-refractivity contribution < 1.29 is 9.90 Å². The Hall–Kier alpha value is -1.10. The largest absolute Gasteiger partial charge is 0.476 e. The molecule has 0 atom stereocenters. The first-order valence-electron chi connectivity index (χ1n) is 6.61. The van der Waals surface area contributed by atoms with E-state index in [4.69, 9.17) is 5.11 Å². The van der Waals surface area contributed by atoms with Crippen LogP contribution in [0.5, 0.6) is 0 Å². The van der Waals surface area contributed by atoms with Crippen LogP contribution in [0.25, 0.3) is 0 Å². The summed E-state index contributed by atoms with van der Waals surface area (Å²) >= 11 is 1.43. The lowest BCUT2D eigenvalue weighted by Gasteiger charge is -2.21. The highest BCUT2D eigenvalue weighted by Crippen LogP contribution is 2.27. The van der Waals surface area contributed by atoms with E-state index < -0.39 is 5.97 Å². The molecular weight excluding hydrogens is 248 g/mol. The van der Waals surface area contributed by atoms with Gasteiger partial charge in [0.25, 0.3) is 0 Å². The number of aryl methyl sites for hydroxylation is 1. The summed E-state index contributed by atoms with van der Waals surface area (Å²) in [6.07, 6.45) is 7.98. The maximum Gasteiger partial charge on any atom is 0.355 e. The van der Waals surface area contributed by atoms with Crippen LogP contribution in [0.4, 0.5) is 5.13 Å². The highest BCUT2D eigenvalue weighted by atomic mass is 32.1. The molecule has 0 aromatic carbocycles. The second kappa shape index (κ2) is 6.18. The molecule has 1 aliphatic rings. The van der Waals surface area contributed by atoms with Gasteiger partial charge in [-0.15, -0.1) is 11.3 Å². The molecule has 1 aromatic heterocycles. The van der Waals surface area contributed by atoms with Crippen molar-refractivity contribution in [3.05, 3.63) is 10.6 Å². The first kappa shape index (κ1) is 13.3. The van der Waals surface area contributed by atoms with Crippen molar-refractivity contribution in [2.45, 2.75) is 45.4 Å². The Bertz CT molecular complexity index is 411. The maximum atomic E-state index is 10.9. The van der Waals surface area contributed by atoms with Crippen LogP contribution in [0.1, 0.15) is 53.9 Å². The smallest absolute Gasteiger partial charge is 0.355 e. The van der Waals surface area contributed by atoms with Crippen LogP contribution in [-0.4, -0.2) is 22.6 Å². The van der Waals surface area contributed by atoms with Gasteiger partial charge in [-0.3, -0.25) is 0 Å². The lowest BCUT2D eigenvalue weighted by Crippen LogP contribution is -2.12. The lowest BCUT2D eigenvalue weighted by molar-refractivity contribution is 0.0690. The summed E-state index contributed by atoms with van der Waals surface area (Å²) in [5.74, 6) is -0.102. The number of carboxylic acids is 1. The molecule has 0 radical (unpaired) electrons. The van der Waals surface area contributed by atoms with Crippen LogP contribution in [0.15, 0.2) is 0 Å². The Labute approximate surface area is 111 Å². The molecule has 18 heavy (non-hydrogen) atoms. The molecule has 1 aromatic rings. The van der Waals surface area contributed by atoms with Gasteiger partial charge in [-0.2, -0.15) is 0 Å². The van der Waals surface area contributed by atoms with E-state index in [0.717, 1.165) is 22.5 Å². The van der Waals surface area contributed by atoms with Gasteiger partial charge in [0.2, 0.25) is 0 Å². The van der Waals surface area contributed by atoms with Crippen molar-refractivity contribution >= 4 is 22.4 Å². The minimum atomic E-state index is -0.941. The summed E-state index contributed by atoms with van der Waals surface area (Å²) in [6.45, 7) is 2.70. The molecule has 0 aliphatic heterocycles. The number of carboxylic acid groups (broad SMARTS) is 1. The minimum Gasteiger partial charge on any atom is -0.476 e. The third kappa shape index (κ3) is 3.45. The van der Waals surface area contributed by atoms with Crippen molar-refractivity contribution in [2.24, 2.45) is 5.92 Å². The van der Waals surface area contributed by atoms with Gasteiger partial charge >= 0.3 is 5.97 Å². The normalized spacial score (nSPS) is 16.7. The Morgan fingerprint density at radius 3 is 2.78 bits per heavy atom. The van der Waals surface area contributed by atoms with Crippen molar-refractivity contribution in [2.75, 3.05) is 11.9 Å². The zero-order valence-electron chi connectivity index (χ0n) is 10.7. The fraction of sp³-hybridized carbons (Fsp3) is 0.692. The average Bonchev–Trinajstić information content (AvgIpc) is 2.72. The van der Waals surface area contributed by atoms with Crippen LogP contribution in [-0.2, 0) is 0 Å². The molecule has 2 rings (SSSR count). The van der Waals surface area contributed by atoms with Gasteiger partial charge in [0.15, 0.2) is 10.8 Å². The van der Waals surface area contributed by atoms with Crippen molar-refractivity contribution in [3.63, 3.8) is 0 Å². The van der Waals surface area contributed by atoms with E-state index in [1.165, 1.54) is 49.9 Å². The zero-order chi connectivity index (χ0) is 13.0. The molecule has 2 N–H and O–H groups in total. The number of carbonyl (C=O) groups is 1. The molecule has 0 unspecified atom stereocenters. The van der Waals surface area contributed by atoms with Crippen molar-refractivity contribution in [1.82, 2.24) is 4.98 Å². The summed E-state index contributed by atoms with van der Waals surface area (Å²) in [5, 5.41) is 12.9. The number of anilines is 1. The highest BCUT2D eigenvalue weighted by molar-refractivity contribution is 7.15. The SMILES string of the molecule is Cc1sc(NCCC2CCCCC2)nc1C(=O)O. The van der Waals surface area contributed by atoms with Crippen LogP contribution >= 0.6 is 11.3 Å². The van der Waals surface area contributed by atoms with Crippen LogP contribution in [0.2, 0.25) is 0 Å². The molecule has 0 spiro atoms. The molecule has 0 saturated heterocycles. The van der Waals surface area contributed by atoms with Crippen molar-refractivity contribution in [3.8, 4) is 0 Å². The Morgan fingerprint density at radius 2 is 2.17 bits per heavy atom. The number of aromatic carboxylic acids is 1. The van der Waals surface area contributed by atoms with E-state index in [1.54, 1.807) is 6.92 Å². The van der Waals surface area contributed by atoms with Gasteiger partial charge in [0, 0.05) is 11.4 Å². The topological polar surface area (TPSA) is 62.2 Å². The molecule has 1 aliphatic carbocycles. The van der Waals surface area contributed by atoms with Gasteiger partial charge in [0.1, 0.15) is 0 Å². The Balaban J connectivity index is 1.79. The molecule has 5 heteroatoms. The summed E-state index contributed by atoms with van der Waals surface area (Å²) in [5.41, 5.74) is 0.181. The van der Waals surface area contributed by atoms with Crippen LogP contribution in [0.3, 0.4) is 0 Å². The van der Waals surface area contributed by atoms with E-state index in [0.29, 0.717) is 0 Å². The van der Waals surface area contributed by atoms with Crippen LogP contribution < -0.4 is 5.32 Å². The first-order chi connectivity index (χ1) is 8.66. The Kier molecular flexibility index (Phi) is 4.58. The van der Waals surface area contributed by atoms with E-state index in [1.807, 2.05) is 0 Å². The van der Waals surface area contributed by atoms with Gasteiger partial charge in [0.05, 0.1) is 0 Å². The predicted octanol–water partition coefficient (Wildman–Crippen LogP) is 3.53. The van der Waals surface area contributed by atoms with Gasteiger partial charge in [-0.05, 0) is 19.3 Å². The number of rotatable bonds is 5. The molecule has 1 fully saturated rings. The number of thiazole rings is 1. The summed E-state index contributed by atoms with van der Waals surface area (Å²) in [7, 11) is 0. The van der Waals surface area contributed by atoms with Gasteiger partial charge < -0.3 is 10.4 Å². The fourth-order valence-corrected chi connectivity index (χ4v) is 3.36. The maximum absolute atomic E-state index is 10.9. The first-order valence-corrected chi connectivity index (χ1v) is 7.43. The lowest BCUT2D eigenvalue weighted by atomic mass is 9.87. The average molecular weight is 268 g/mol. The monoisotopic (exact) mass is 268 g/mol. The standard InChI is InChI=1S/C13H20N2O2S/c1-9-11(12(16)17)15-13(18-9)14-8-7-10-5-3-2-4-6-10/h10H,2-8H2,1H3,(H,14,15)(H,16,17). The quantitative estimate of drug-likeness (QED) is 0.857. The molecule has 1 heterocycles.